The van der Waals surface area contributed by atoms with E-state index in [1.54, 1.807) is 19.1 Å². The Morgan fingerprint density at radius 1 is 1.00 bits per heavy atom. The number of methoxy groups -OCH3 is 1. The lowest BCUT2D eigenvalue weighted by molar-refractivity contribution is -0.121. The summed E-state index contributed by atoms with van der Waals surface area (Å²) in [6.07, 6.45) is 2.03. The molecule has 0 saturated heterocycles. The minimum absolute atomic E-state index is 0.0160. The molecular weight excluding hydrogens is 328 g/mol. The van der Waals surface area contributed by atoms with Crippen LogP contribution in [0.25, 0.3) is 0 Å². The first-order chi connectivity index (χ1) is 12.6. The van der Waals surface area contributed by atoms with Crippen molar-refractivity contribution >= 4 is 17.5 Å². The fourth-order valence-corrected chi connectivity index (χ4v) is 2.59. The van der Waals surface area contributed by atoms with E-state index in [-0.39, 0.29) is 11.8 Å². The van der Waals surface area contributed by atoms with Gasteiger partial charge in [0.2, 0.25) is 11.8 Å². The molecule has 5 heteroatoms. The average Bonchev–Trinajstić information content (AvgIpc) is 2.68. The quantitative estimate of drug-likeness (QED) is 0.752. The summed E-state index contributed by atoms with van der Waals surface area (Å²) in [7, 11) is 3.39. The largest absolute Gasteiger partial charge is 0.497 e. The van der Waals surface area contributed by atoms with Gasteiger partial charge >= 0.3 is 0 Å². The van der Waals surface area contributed by atoms with Crippen molar-refractivity contribution in [1.29, 1.82) is 0 Å². The van der Waals surface area contributed by atoms with E-state index in [9.17, 15) is 9.59 Å². The molecule has 0 saturated carbocycles. The molecule has 0 unspecified atom stereocenters. The van der Waals surface area contributed by atoms with Gasteiger partial charge < -0.3 is 15.0 Å². The topological polar surface area (TPSA) is 58.6 Å². The van der Waals surface area contributed by atoms with Crippen LogP contribution in [0, 0.1) is 0 Å². The highest BCUT2D eigenvalue weighted by atomic mass is 16.5. The molecule has 0 aromatic heterocycles. The van der Waals surface area contributed by atoms with Crippen molar-refractivity contribution in [2.75, 3.05) is 25.6 Å². The molecule has 0 aliphatic heterocycles. The fourth-order valence-electron chi connectivity index (χ4n) is 2.59. The van der Waals surface area contributed by atoms with Gasteiger partial charge in [0.05, 0.1) is 7.11 Å². The lowest BCUT2D eigenvalue weighted by Gasteiger charge is -2.17. The molecule has 0 aliphatic rings. The number of rotatable bonds is 9. The molecular formula is C21H26N2O3. The van der Waals surface area contributed by atoms with Crippen LogP contribution in [0.1, 0.15) is 24.8 Å². The average molecular weight is 354 g/mol. The summed E-state index contributed by atoms with van der Waals surface area (Å²) in [5, 5.41) is 2.90. The number of amides is 2. The minimum atomic E-state index is -0.0197. The molecule has 0 atom stereocenters. The zero-order valence-corrected chi connectivity index (χ0v) is 15.4. The highest BCUT2D eigenvalue weighted by Crippen LogP contribution is 2.13. The molecule has 2 amide bonds. The number of hydrogen-bond donors (Lipinski definition) is 1. The highest BCUT2D eigenvalue weighted by molar-refractivity contribution is 5.92. The molecule has 0 aliphatic carbocycles. The van der Waals surface area contributed by atoms with E-state index in [4.69, 9.17) is 4.74 Å². The monoisotopic (exact) mass is 354 g/mol. The Morgan fingerprint density at radius 2 is 1.69 bits per heavy atom. The van der Waals surface area contributed by atoms with Crippen LogP contribution in [-0.2, 0) is 16.0 Å². The first kappa shape index (κ1) is 19.5. The molecule has 0 radical (unpaired) electrons. The number of benzene rings is 2. The molecule has 0 fully saturated rings. The number of nitrogens with zero attached hydrogens (tertiary/aromatic N) is 1. The van der Waals surface area contributed by atoms with E-state index < -0.39 is 0 Å². The maximum absolute atomic E-state index is 12.2. The van der Waals surface area contributed by atoms with Gasteiger partial charge in [-0.1, -0.05) is 30.3 Å². The van der Waals surface area contributed by atoms with Crippen molar-refractivity contribution in [3.05, 3.63) is 60.2 Å². The number of carbonyl (C=O) groups excluding carboxylic acids is 2. The van der Waals surface area contributed by atoms with Crippen molar-refractivity contribution in [3.63, 3.8) is 0 Å². The van der Waals surface area contributed by atoms with Crippen molar-refractivity contribution in [2.45, 2.75) is 25.7 Å². The van der Waals surface area contributed by atoms with Gasteiger partial charge in [-0.3, -0.25) is 9.59 Å². The summed E-state index contributed by atoms with van der Waals surface area (Å²) in [4.78, 5) is 25.7. The third-order valence-corrected chi connectivity index (χ3v) is 4.21. The van der Waals surface area contributed by atoms with Crippen molar-refractivity contribution in [2.24, 2.45) is 0 Å². The van der Waals surface area contributed by atoms with Gasteiger partial charge in [0.1, 0.15) is 5.75 Å². The number of para-hydroxylation sites is 1. The Labute approximate surface area is 155 Å². The number of carbonyl (C=O) groups is 2. The number of ether oxygens (including phenoxy) is 1. The molecule has 0 spiro atoms. The van der Waals surface area contributed by atoms with Crippen LogP contribution >= 0.6 is 0 Å². The maximum Gasteiger partial charge on any atom is 0.226 e. The van der Waals surface area contributed by atoms with Crippen LogP contribution in [0.3, 0.4) is 0 Å². The van der Waals surface area contributed by atoms with E-state index in [0.717, 1.165) is 23.4 Å². The normalized spacial score (nSPS) is 10.2. The standard InChI is InChI=1S/C21H26N2O3/c1-23(18-7-4-3-5-8-18)21(25)10-6-9-20(24)22-16-15-17-11-13-19(26-2)14-12-17/h3-5,7-8,11-14H,6,9-10,15-16H2,1-2H3,(H,22,24). The molecule has 138 valence electrons. The predicted octanol–water partition coefficient (Wildman–Crippen LogP) is 3.19. The van der Waals surface area contributed by atoms with Gasteiger partial charge in [-0.25, -0.2) is 0 Å². The second-order valence-electron chi connectivity index (χ2n) is 6.09. The lowest BCUT2D eigenvalue weighted by Crippen LogP contribution is -2.28. The Balaban J connectivity index is 1.63. The zero-order valence-electron chi connectivity index (χ0n) is 15.4. The van der Waals surface area contributed by atoms with Gasteiger partial charge in [-0.2, -0.15) is 0 Å². The van der Waals surface area contributed by atoms with E-state index in [1.165, 1.54) is 0 Å². The van der Waals surface area contributed by atoms with Crippen LogP contribution in [0.5, 0.6) is 5.75 Å². The van der Waals surface area contributed by atoms with Gasteiger partial charge in [-0.05, 0) is 42.7 Å². The van der Waals surface area contributed by atoms with Gasteiger partial charge in [0.25, 0.3) is 0 Å². The first-order valence-corrected chi connectivity index (χ1v) is 8.81. The van der Waals surface area contributed by atoms with Crippen molar-refractivity contribution in [3.8, 4) is 5.75 Å². The number of hydrogen-bond acceptors (Lipinski definition) is 3. The summed E-state index contributed by atoms with van der Waals surface area (Å²) in [6.45, 7) is 0.586. The van der Waals surface area contributed by atoms with E-state index in [1.807, 2.05) is 54.6 Å². The van der Waals surface area contributed by atoms with Gasteiger partial charge in [0, 0.05) is 32.1 Å². The predicted molar refractivity (Wildman–Crippen MR) is 103 cm³/mol. The molecule has 2 aromatic rings. The SMILES string of the molecule is COc1ccc(CCNC(=O)CCCC(=O)N(C)c2ccccc2)cc1. The molecule has 2 rings (SSSR count). The molecule has 0 bridgehead atoms. The van der Waals surface area contributed by atoms with Crippen LogP contribution in [0.15, 0.2) is 54.6 Å². The fraction of sp³-hybridized carbons (Fsp3) is 0.333. The first-order valence-electron chi connectivity index (χ1n) is 8.81. The summed E-state index contributed by atoms with van der Waals surface area (Å²) < 4.78 is 5.12. The Hall–Kier alpha value is -2.82. The lowest BCUT2D eigenvalue weighted by atomic mass is 10.1. The van der Waals surface area contributed by atoms with Crippen molar-refractivity contribution in [1.82, 2.24) is 5.32 Å². The highest BCUT2D eigenvalue weighted by Gasteiger charge is 2.11. The Kier molecular flexibility index (Phi) is 7.68. The van der Waals surface area contributed by atoms with Crippen LogP contribution < -0.4 is 15.0 Å². The Bertz CT molecular complexity index is 699. The molecule has 1 N–H and O–H groups in total. The minimum Gasteiger partial charge on any atom is -0.497 e. The maximum atomic E-state index is 12.2. The van der Waals surface area contributed by atoms with E-state index in [2.05, 4.69) is 5.32 Å². The van der Waals surface area contributed by atoms with Crippen LogP contribution in [-0.4, -0.2) is 32.5 Å². The smallest absolute Gasteiger partial charge is 0.226 e. The summed E-state index contributed by atoms with van der Waals surface area (Å²) >= 11 is 0. The number of anilines is 1. The third kappa shape index (κ3) is 6.24. The molecule has 26 heavy (non-hydrogen) atoms. The molecule has 5 nitrogen and oxygen atoms in total. The Morgan fingerprint density at radius 3 is 2.35 bits per heavy atom. The summed E-state index contributed by atoms with van der Waals surface area (Å²) in [5.41, 5.74) is 2.01. The van der Waals surface area contributed by atoms with Gasteiger partial charge in [0.15, 0.2) is 0 Å². The van der Waals surface area contributed by atoms with E-state index >= 15 is 0 Å². The second-order valence-corrected chi connectivity index (χ2v) is 6.09. The summed E-state index contributed by atoms with van der Waals surface area (Å²) in [6, 6.07) is 17.3. The van der Waals surface area contributed by atoms with Crippen molar-refractivity contribution < 1.29 is 14.3 Å². The number of nitrogens with one attached hydrogen (secondary N) is 1. The molecule has 0 heterocycles. The second kappa shape index (κ2) is 10.2. The zero-order chi connectivity index (χ0) is 18.8. The van der Waals surface area contributed by atoms with Crippen LogP contribution in [0.2, 0.25) is 0 Å². The van der Waals surface area contributed by atoms with Crippen LogP contribution in [0.4, 0.5) is 5.69 Å². The van der Waals surface area contributed by atoms with Gasteiger partial charge in [-0.15, -0.1) is 0 Å². The summed E-state index contributed by atoms with van der Waals surface area (Å²) in [5.74, 6) is 0.818. The molecule has 2 aromatic carbocycles. The third-order valence-electron chi connectivity index (χ3n) is 4.21. The van der Waals surface area contributed by atoms with E-state index in [0.29, 0.717) is 25.8 Å².